The van der Waals surface area contributed by atoms with Crippen molar-refractivity contribution in [2.24, 2.45) is 0 Å². The molecule has 1 aromatic heterocycles. The summed E-state index contributed by atoms with van der Waals surface area (Å²) in [5.74, 6) is -0.895. The van der Waals surface area contributed by atoms with Crippen LogP contribution in [0, 0.1) is 18.3 Å². The van der Waals surface area contributed by atoms with E-state index in [0.717, 1.165) is 0 Å². The summed E-state index contributed by atoms with van der Waals surface area (Å²) in [6.45, 7) is 1.76. The van der Waals surface area contributed by atoms with Crippen LogP contribution in [0.25, 0.3) is 0 Å². The van der Waals surface area contributed by atoms with Crippen LogP contribution in [0.5, 0.6) is 11.6 Å². The van der Waals surface area contributed by atoms with E-state index < -0.39 is 5.97 Å². The van der Waals surface area contributed by atoms with Gasteiger partial charge in [0.25, 0.3) is 0 Å². The lowest BCUT2D eigenvalue weighted by molar-refractivity contribution is 0.0694. The summed E-state index contributed by atoms with van der Waals surface area (Å²) >= 11 is 3.25. The zero-order chi connectivity index (χ0) is 14.7. The van der Waals surface area contributed by atoms with Gasteiger partial charge in [-0.05, 0) is 36.8 Å². The number of pyridine rings is 1. The Morgan fingerprint density at radius 3 is 2.85 bits per heavy atom. The number of benzene rings is 1. The molecule has 2 rings (SSSR count). The minimum absolute atomic E-state index is 0.000367. The first kappa shape index (κ1) is 14.0. The van der Waals surface area contributed by atoms with Crippen molar-refractivity contribution >= 4 is 21.9 Å². The lowest BCUT2D eigenvalue weighted by Crippen LogP contribution is -2.02. The largest absolute Gasteiger partial charge is 0.478 e. The Labute approximate surface area is 123 Å². The number of hydrogen-bond acceptors (Lipinski definition) is 4. The number of hydrogen-bond donors (Lipinski definition) is 1. The smallest absolute Gasteiger partial charge is 0.339 e. The van der Waals surface area contributed by atoms with Crippen LogP contribution in [0.15, 0.2) is 34.9 Å². The van der Waals surface area contributed by atoms with Crippen LogP contribution in [-0.4, -0.2) is 16.1 Å². The molecule has 0 aliphatic heterocycles. The van der Waals surface area contributed by atoms with Crippen molar-refractivity contribution in [3.05, 3.63) is 51.6 Å². The van der Waals surface area contributed by atoms with E-state index in [2.05, 4.69) is 20.9 Å². The predicted molar refractivity (Wildman–Crippen MR) is 74.9 cm³/mol. The van der Waals surface area contributed by atoms with Gasteiger partial charge >= 0.3 is 5.97 Å². The van der Waals surface area contributed by atoms with E-state index in [1.807, 2.05) is 6.07 Å². The third kappa shape index (κ3) is 2.78. The number of nitrogens with zero attached hydrogens (tertiary/aromatic N) is 2. The first-order chi connectivity index (χ1) is 9.52. The number of carboxylic acid groups (broad SMARTS) is 1. The maximum absolute atomic E-state index is 11.2. The Kier molecular flexibility index (Phi) is 4.01. The number of rotatable bonds is 3. The molecule has 0 aliphatic carbocycles. The second-order valence-electron chi connectivity index (χ2n) is 3.97. The number of aromatic carboxylic acids is 1. The van der Waals surface area contributed by atoms with Gasteiger partial charge in [0.15, 0.2) is 0 Å². The monoisotopic (exact) mass is 332 g/mol. The summed E-state index contributed by atoms with van der Waals surface area (Å²) in [6, 6.07) is 8.23. The molecule has 0 saturated heterocycles. The van der Waals surface area contributed by atoms with Gasteiger partial charge in [0.1, 0.15) is 22.9 Å². The van der Waals surface area contributed by atoms with Crippen molar-refractivity contribution in [3.63, 3.8) is 0 Å². The molecular weight excluding hydrogens is 324 g/mol. The van der Waals surface area contributed by atoms with Crippen molar-refractivity contribution in [2.75, 3.05) is 0 Å². The summed E-state index contributed by atoms with van der Waals surface area (Å²) in [7, 11) is 0. The summed E-state index contributed by atoms with van der Waals surface area (Å²) in [4.78, 5) is 15.1. The standard InChI is InChI=1S/C14H9BrN2O3/c1-8-4-5-17-13(11(8)7-16)20-12-6-9(15)2-3-10(12)14(18)19/h2-6H,1H3,(H,18,19). The lowest BCUT2D eigenvalue weighted by Gasteiger charge is -2.10. The van der Waals surface area contributed by atoms with E-state index in [9.17, 15) is 4.79 Å². The highest BCUT2D eigenvalue weighted by Crippen LogP contribution is 2.30. The molecule has 2 aromatic rings. The maximum Gasteiger partial charge on any atom is 0.339 e. The van der Waals surface area contributed by atoms with Crippen molar-refractivity contribution < 1.29 is 14.6 Å². The van der Waals surface area contributed by atoms with Crippen LogP contribution < -0.4 is 4.74 Å². The van der Waals surface area contributed by atoms with Crippen molar-refractivity contribution in [3.8, 4) is 17.7 Å². The number of nitriles is 1. The lowest BCUT2D eigenvalue weighted by atomic mass is 10.1. The molecule has 1 N–H and O–H groups in total. The van der Waals surface area contributed by atoms with Gasteiger partial charge in [-0.3, -0.25) is 0 Å². The quantitative estimate of drug-likeness (QED) is 0.929. The summed E-state index contributed by atoms with van der Waals surface area (Å²) in [5, 5.41) is 18.2. The van der Waals surface area contributed by atoms with Gasteiger partial charge in [0.05, 0.1) is 0 Å². The minimum atomic E-state index is -1.11. The molecule has 0 saturated carbocycles. The number of ether oxygens (including phenoxy) is 1. The van der Waals surface area contributed by atoms with Gasteiger partial charge in [0.2, 0.25) is 5.88 Å². The summed E-state index contributed by atoms with van der Waals surface area (Å²) < 4.78 is 6.18. The van der Waals surface area contributed by atoms with E-state index in [1.165, 1.54) is 18.3 Å². The first-order valence-electron chi connectivity index (χ1n) is 5.59. The molecule has 1 aromatic carbocycles. The van der Waals surface area contributed by atoms with E-state index in [4.69, 9.17) is 15.1 Å². The van der Waals surface area contributed by atoms with Gasteiger partial charge in [-0.1, -0.05) is 15.9 Å². The fourth-order valence-corrected chi connectivity index (χ4v) is 1.95. The second-order valence-corrected chi connectivity index (χ2v) is 4.88. The van der Waals surface area contributed by atoms with E-state index in [1.54, 1.807) is 19.1 Å². The van der Waals surface area contributed by atoms with Gasteiger partial charge in [-0.15, -0.1) is 0 Å². The molecule has 6 heteroatoms. The Bertz CT molecular complexity index is 723. The molecule has 0 fully saturated rings. The van der Waals surface area contributed by atoms with E-state index in [-0.39, 0.29) is 22.8 Å². The number of aryl methyl sites for hydroxylation is 1. The molecule has 0 atom stereocenters. The number of carbonyl (C=O) groups is 1. The van der Waals surface area contributed by atoms with Crippen LogP contribution in [0.2, 0.25) is 0 Å². The highest BCUT2D eigenvalue weighted by atomic mass is 79.9. The Hall–Kier alpha value is -2.39. The van der Waals surface area contributed by atoms with Gasteiger partial charge < -0.3 is 9.84 Å². The number of carboxylic acids is 1. The highest BCUT2D eigenvalue weighted by molar-refractivity contribution is 9.10. The molecule has 100 valence electrons. The molecule has 20 heavy (non-hydrogen) atoms. The minimum Gasteiger partial charge on any atom is -0.478 e. The fraction of sp³-hybridized carbons (Fsp3) is 0.0714. The van der Waals surface area contributed by atoms with E-state index >= 15 is 0 Å². The average molecular weight is 333 g/mol. The normalized spacial score (nSPS) is 9.85. The number of halogens is 1. The fourth-order valence-electron chi connectivity index (χ4n) is 1.61. The third-order valence-corrected chi connectivity index (χ3v) is 3.11. The van der Waals surface area contributed by atoms with Gasteiger partial charge in [-0.2, -0.15) is 5.26 Å². The van der Waals surface area contributed by atoms with E-state index in [0.29, 0.717) is 10.0 Å². The molecule has 0 amide bonds. The zero-order valence-electron chi connectivity index (χ0n) is 10.4. The molecule has 0 spiro atoms. The Balaban J connectivity index is 2.51. The topological polar surface area (TPSA) is 83.2 Å². The SMILES string of the molecule is Cc1ccnc(Oc2cc(Br)ccc2C(=O)O)c1C#N. The number of aromatic nitrogens is 1. The van der Waals surface area contributed by atoms with Crippen LogP contribution in [0.1, 0.15) is 21.5 Å². The molecule has 5 nitrogen and oxygen atoms in total. The summed E-state index contributed by atoms with van der Waals surface area (Å²) in [5.41, 5.74) is 0.994. The van der Waals surface area contributed by atoms with Crippen molar-refractivity contribution in [2.45, 2.75) is 6.92 Å². The Morgan fingerprint density at radius 2 is 2.20 bits per heavy atom. The highest BCUT2D eigenvalue weighted by Gasteiger charge is 2.15. The van der Waals surface area contributed by atoms with Crippen molar-refractivity contribution in [1.29, 1.82) is 5.26 Å². The van der Waals surface area contributed by atoms with Crippen molar-refractivity contribution in [1.82, 2.24) is 4.98 Å². The zero-order valence-corrected chi connectivity index (χ0v) is 12.0. The molecule has 1 heterocycles. The predicted octanol–water partition coefficient (Wildman–Crippen LogP) is 3.51. The van der Waals surface area contributed by atoms with Crippen LogP contribution in [0.3, 0.4) is 0 Å². The molecular formula is C14H9BrN2O3. The van der Waals surface area contributed by atoms with Crippen LogP contribution >= 0.6 is 15.9 Å². The van der Waals surface area contributed by atoms with Gasteiger partial charge in [0, 0.05) is 10.7 Å². The van der Waals surface area contributed by atoms with Gasteiger partial charge in [-0.25, -0.2) is 9.78 Å². The molecule has 0 radical (unpaired) electrons. The molecule has 0 bridgehead atoms. The maximum atomic E-state index is 11.2. The third-order valence-electron chi connectivity index (χ3n) is 2.62. The second kappa shape index (κ2) is 5.72. The first-order valence-corrected chi connectivity index (χ1v) is 6.38. The Morgan fingerprint density at radius 1 is 1.45 bits per heavy atom. The molecule has 0 unspecified atom stereocenters. The average Bonchev–Trinajstić information content (AvgIpc) is 2.38. The van der Waals surface area contributed by atoms with Crippen LogP contribution in [-0.2, 0) is 0 Å². The summed E-state index contributed by atoms with van der Waals surface area (Å²) in [6.07, 6.45) is 1.50. The molecule has 0 aliphatic rings. The van der Waals surface area contributed by atoms with Crippen LogP contribution in [0.4, 0.5) is 0 Å².